The molecule has 0 saturated carbocycles. The van der Waals surface area contributed by atoms with Crippen LogP contribution in [0.1, 0.15) is 36.3 Å². The molecular formula is C24H29F4N7OSe. The third-order valence-corrected chi connectivity index (χ3v) is 7.18. The summed E-state index contributed by atoms with van der Waals surface area (Å²) < 4.78 is 57.5. The molecule has 1 amide bonds. The Labute approximate surface area is 218 Å². The number of piperidine rings is 1. The van der Waals surface area contributed by atoms with Gasteiger partial charge in [0.25, 0.3) is 0 Å². The summed E-state index contributed by atoms with van der Waals surface area (Å²) in [6, 6.07) is 4.33. The van der Waals surface area contributed by atoms with E-state index in [-0.39, 0.29) is 28.8 Å². The Morgan fingerprint density at radius 2 is 2.03 bits per heavy atom. The van der Waals surface area contributed by atoms with E-state index in [1.807, 2.05) is 25.8 Å². The molecule has 4 rings (SSSR count). The number of alkyl halides is 4. The summed E-state index contributed by atoms with van der Waals surface area (Å²) in [6.45, 7) is 4.90. The van der Waals surface area contributed by atoms with Gasteiger partial charge in [-0.1, -0.05) is 13.8 Å². The van der Waals surface area contributed by atoms with Gasteiger partial charge in [-0.2, -0.15) is 0 Å². The van der Waals surface area contributed by atoms with Gasteiger partial charge < -0.3 is 0 Å². The Morgan fingerprint density at radius 3 is 2.68 bits per heavy atom. The zero-order valence-electron chi connectivity index (χ0n) is 20.9. The predicted octanol–water partition coefficient (Wildman–Crippen LogP) is 2.18. The average molecular weight is 586 g/mol. The first-order valence-electron chi connectivity index (χ1n) is 11.7. The van der Waals surface area contributed by atoms with Crippen molar-refractivity contribution in [1.82, 2.24) is 29.6 Å². The summed E-state index contributed by atoms with van der Waals surface area (Å²) in [5.41, 5.74) is 0.589. The second kappa shape index (κ2) is 12.4. The van der Waals surface area contributed by atoms with Crippen molar-refractivity contribution in [2.75, 3.05) is 32.0 Å². The number of halogens is 4. The van der Waals surface area contributed by atoms with Crippen LogP contribution in [-0.4, -0.2) is 89.1 Å². The summed E-state index contributed by atoms with van der Waals surface area (Å²) in [5, 5.41) is 9.51. The molecule has 4 heterocycles. The van der Waals surface area contributed by atoms with E-state index in [1.54, 1.807) is 19.2 Å². The van der Waals surface area contributed by atoms with E-state index in [1.165, 1.54) is 27.7 Å². The molecule has 37 heavy (non-hydrogen) atoms. The number of amides is 1. The zero-order chi connectivity index (χ0) is 27.2. The summed E-state index contributed by atoms with van der Waals surface area (Å²) >= 11 is -1.90. The average Bonchev–Trinajstić information content (AvgIpc) is 3.43. The van der Waals surface area contributed by atoms with E-state index in [4.69, 9.17) is 0 Å². The van der Waals surface area contributed by atoms with Gasteiger partial charge in [0.2, 0.25) is 0 Å². The number of rotatable bonds is 5. The van der Waals surface area contributed by atoms with Gasteiger partial charge in [0, 0.05) is 0 Å². The number of carbonyl (C=O) groups is 1. The van der Waals surface area contributed by atoms with E-state index in [0.717, 1.165) is 0 Å². The van der Waals surface area contributed by atoms with Crippen molar-refractivity contribution in [1.29, 1.82) is 0 Å². The molecule has 0 bridgehead atoms. The van der Waals surface area contributed by atoms with E-state index in [9.17, 15) is 22.4 Å². The zero-order valence-corrected chi connectivity index (χ0v) is 22.6. The Kier molecular flexibility index (Phi) is 9.59. The van der Waals surface area contributed by atoms with Crippen LogP contribution in [0.3, 0.4) is 0 Å². The quantitative estimate of drug-likeness (QED) is 0.273. The number of nitrogens with zero attached hydrogens (tertiary/aromatic N) is 5. The van der Waals surface area contributed by atoms with Crippen molar-refractivity contribution >= 4 is 36.7 Å². The van der Waals surface area contributed by atoms with Crippen molar-refractivity contribution in [2.45, 2.75) is 37.6 Å². The summed E-state index contributed by atoms with van der Waals surface area (Å²) in [6.07, 6.45) is 2.37. The first kappa shape index (κ1) is 28.5. The maximum atomic E-state index is 14.5. The summed E-state index contributed by atoms with van der Waals surface area (Å²) in [5.74, 6) is 5.36. The molecule has 2 N–H and O–H groups in total. The Balaban J connectivity index is 0.00000186. The number of hydrogen-bond donors (Lipinski definition) is 2. The molecule has 3 aromatic rings. The van der Waals surface area contributed by atoms with Crippen LogP contribution in [0.15, 0.2) is 30.6 Å². The van der Waals surface area contributed by atoms with Gasteiger partial charge >= 0.3 is 205 Å². The Morgan fingerprint density at radius 1 is 1.27 bits per heavy atom. The normalized spacial score (nSPS) is 17.9. The van der Waals surface area contributed by atoms with Crippen molar-refractivity contribution in [3.8, 4) is 11.8 Å². The fourth-order valence-corrected chi connectivity index (χ4v) is 5.18. The van der Waals surface area contributed by atoms with Crippen LogP contribution >= 0.6 is 0 Å². The fraction of sp³-hybridized carbons (Fsp3) is 0.458. The van der Waals surface area contributed by atoms with Crippen LogP contribution in [-0.2, 0) is 7.05 Å². The standard InChI is InChI=1S/C22H23F4N7OSe.C2H6/c1-31-10-8-16(15(23)13-31)29-19-7-3-6-18-20(35-22(24,25)26)17(30-33(18)19)5-4-9-27-21(34)14-11-28-32(2)12-14;1-2/h3,6-7,11-12,15-16,29H,8-10,13H2,1-2H3,(H,27,34);1-2H3. The number of fused-ring (bicyclic) bond motifs is 1. The van der Waals surface area contributed by atoms with Crippen LogP contribution < -0.4 is 15.1 Å². The number of nitrogens with one attached hydrogen (secondary N) is 2. The Bertz CT molecular complexity index is 1280. The molecule has 1 fully saturated rings. The molecule has 200 valence electrons. The minimum absolute atomic E-state index is 0.0140. The van der Waals surface area contributed by atoms with E-state index in [2.05, 4.69) is 32.7 Å². The van der Waals surface area contributed by atoms with Gasteiger partial charge in [-0.15, -0.1) is 0 Å². The van der Waals surface area contributed by atoms with E-state index in [0.29, 0.717) is 24.3 Å². The van der Waals surface area contributed by atoms with Gasteiger partial charge in [-0.3, -0.25) is 0 Å². The fourth-order valence-electron chi connectivity index (χ4n) is 3.76. The number of aromatic nitrogens is 4. The van der Waals surface area contributed by atoms with Gasteiger partial charge in [-0.25, -0.2) is 0 Å². The number of aryl methyl sites for hydroxylation is 1. The number of anilines is 1. The molecule has 2 unspecified atom stereocenters. The SMILES string of the molecule is CC.CN1CCC(Nc2cccc3c([Se]C(F)(F)F)c(C#CCNC(=O)c4cnn(C)c4)nn23)C(F)C1. The van der Waals surface area contributed by atoms with Gasteiger partial charge in [0.05, 0.1) is 0 Å². The number of likely N-dealkylation sites (tertiary alicyclic amines) is 1. The van der Waals surface area contributed by atoms with Crippen molar-refractivity contribution in [3.63, 3.8) is 0 Å². The van der Waals surface area contributed by atoms with Gasteiger partial charge in [-0.05, 0) is 0 Å². The van der Waals surface area contributed by atoms with Crippen LogP contribution in [0.5, 0.6) is 0 Å². The van der Waals surface area contributed by atoms with E-state index >= 15 is 0 Å². The third-order valence-electron chi connectivity index (χ3n) is 5.42. The number of pyridine rings is 1. The first-order chi connectivity index (χ1) is 17.6. The molecule has 1 aliphatic rings. The van der Waals surface area contributed by atoms with Crippen LogP contribution in [0.2, 0.25) is 0 Å². The molecule has 2 atom stereocenters. The topological polar surface area (TPSA) is 79.5 Å². The number of carbonyl (C=O) groups excluding carboxylic acids is 1. The summed E-state index contributed by atoms with van der Waals surface area (Å²) in [7, 11) is 3.51. The number of hydrogen-bond acceptors (Lipinski definition) is 5. The molecular weight excluding hydrogens is 557 g/mol. The molecule has 0 spiro atoms. The molecule has 0 aliphatic carbocycles. The Hall–Kier alpha value is -3.07. The van der Waals surface area contributed by atoms with Crippen molar-refractivity contribution in [2.24, 2.45) is 7.05 Å². The second-order valence-corrected chi connectivity index (χ2v) is 10.4. The molecule has 0 radical (unpaired) electrons. The van der Waals surface area contributed by atoms with Gasteiger partial charge in [0.15, 0.2) is 0 Å². The third kappa shape index (κ3) is 7.47. The summed E-state index contributed by atoms with van der Waals surface area (Å²) in [4.78, 5) is 14.0. The van der Waals surface area contributed by atoms with Crippen molar-refractivity contribution < 1.29 is 22.4 Å². The monoisotopic (exact) mass is 587 g/mol. The van der Waals surface area contributed by atoms with Crippen LogP contribution in [0.4, 0.5) is 23.4 Å². The first-order valence-corrected chi connectivity index (χ1v) is 13.4. The van der Waals surface area contributed by atoms with Gasteiger partial charge in [0.1, 0.15) is 0 Å². The predicted molar refractivity (Wildman–Crippen MR) is 135 cm³/mol. The minimum atomic E-state index is -4.41. The molecule has 13 heteroatoms. The maximum absolute atomic E-state index is 14.5. The van der Waals surface area contributed by atoms with Crippen molar-refractivity contribution in [3.05, 3.63) is 41.9 Å². The molecule has 3 aromatic heterocycles. The van der Waals surface area contributed by atoms with Crippen LogP contribution in [0.25, 0.3) is 5.52 Å². The molecule has 8 nitrogen and oxygen atoms in total. The van der Waals surface area contributed by atoms with E-state index < -0.39 is 38.2 Å². The molecule has 0 aromatic carbocycles. The molecule has 1 aliphatic heterocycles. The molecule has 1 saturated heterocycles. The second-order valence-electron chi connectivity index (χ2n) is 8.14. The van der Waals surface area contributed by atoms with Crippen LogP contribution in [0, 0.1) is 11.8 Å².